The van der Waals surface area contributed by atoms with Crippen molar-refractivity contribution in [3.8, 4) is 39.9 Å². The minimum Gasteiger partial charge on any atom is -0.456 e. The molecule has 0 fully saturated rings. The van der Waals surface area contributed by atoms with Crippen LogP contribution in [0.3, 0.4) is 0 Å². The molecule has 4 aromatic heterocycles. The highest BCUT2D eigenvalue weighted by Gasteiger charge is 2.20. The summed E-state index contributed by atoms with van der Waals surface area (Å²) < 4.78 is 84.1. The smallest absolute Gasteiger partial charge is 0.238 e. The maximum absolute atomic E-state index is 9.04. The Kier molecular flexibility index (Phi) is 4.44. The Bertz CT molecular complexity index is 3540. The number of nitrogens with zero attached hydrogens (tertiary/aromatic N) is 4. The third-order valence-electron chi connectivity index (χ3n) is 9.34. The van der Waals surface area contributed by atoms with E-state index in [2.05, 4.69) is 0 Å². The third kappa shape index (κ3) is 4.20. The molecule has 0 aliphatic carbocycles. The zero-order valence-electron chi connectivity index (χ0n) is 34.5. The van der Waals surface area contributed by atoms with E-state index in [0.717, 1.165) is 43.8 Å². The first-order valence-electron chi connectivity index (χ1n) is 20.3. The third-order valence-corrected chi connectivity index (χ3v) is 9.34. The van der Waals surface area contributed by atoms with Crippen molar-refractivity contribution in [3.63, 3.8) is 0 Å². The van der Waals surface area contributed by atoms with Gasteiger partial charge in [0.1, 0.15) is 22.3 Å². The minimum absolute atomic E-state index is 0.0699. The molecule has 51 heavy (non-hydrogen) atoms. The van der Waals surface area contributed by atoms with Crippen LogP contribution in [0.4, 0.5) is 0 Å². The Morgan fingerprint density at radius 1 is 0.471 bits per heavy atom. The molecule has 6 heteroatoms. The molecule has 0 bridgehead atoms. The van der Waals surface area contributed by atoms with Crippen LogP contribution in [0, 0.1) is 0 Å². The average Bonchev–Trinajstić information content (AvgIpc) is 3.96. The fourth-order valence-corrected chi connectivity index (χ4v) is 7.08. The van der Waals surface area contributed by atoms with E-state index in [9.17, 15) is 0 Å². The van der Waals surface area contributed by atoms with Gasteiger partial charge in [0.25, 0.3) is 0 Å². The quantitative estimate of drug-likeness (QED) is 0.188. The highest BCUT2D eigenvalue weighted by molar-refractivity contribution is 6.17. The van der Waals surface area contributed by atoms with Gasteiger partial charge in [-0.1, -0.05) is 115 Å². The molecule has 0 aliphatic heterocycles. The molecule has 0 N–H and O–H groups in total. The summed E-state index contributed by atoms with van der Waals surface area (Å²) in [6, 6.07) is 30.8. The van der Waals surface area contributed by atoms with Crippen LogP contribution in [0.1, 0.15) is 11.0 Å². The summed E-state index contributed by atoms with van der Waals surface area (Å²) >= 11 is 0. The van der Waals surface area contributed by atoms with Crippen molar-refractivity contribution in [2.75, 3.05) is 0 Å². The number of benzene rings is 7. The highest BCUT2D eigenvalue weighted by Crippen LogP contribution is 2.42. The van der Waals surface area contributed by atoms with Gasteiger partial charge in [-0.25, -0.2) is 4.98 Å². The molecule has 0 atom stereocenters. The van der Waals surface area contributed by atoms with E-state index in [1.54, 1.807) is 0 Å². The second-order valence-electron chi connectivity index (χ2n) is 12.2. The monoisotopic (exact) mass is 662 g/mol. The summed E-state index contributed by atoms with van der Waals surface area (Å²) in [6.07, 6.45) is 0. The van der Waals surface area contributed by atoms with Crippen molar-refractivity contribution in [1.29, 1.82) is 0 Å². The fraction of sp³-hybridized carbons (Fsp3) is 0. The van der Waals surface area contributed by atoms with Crippen LogP contribution < -0.4 is 0 Å². The molecular formula is C45H26N4O2. The van der Waals surface area contributed by atoms with Gasteiger partial charge in [0.05, 0.1) is 22.0 Å². The van der Waals surface area contributed by atoms with Gasteiger partial charge in [-0.15, -0.1) is 0 Å². The lowest BCUT2D eigenvalue weighted by Crippen LogP contribution is -2.06. The zero-order valence-corrected chi connectivity index (χ0v) is 26.5. The molecule has 0 saturated heterocycles. The van der Waals surface area contributed by atoms with Crippen molar-refractivity contribution < 1.29 is 19.8 Å². The largest absolute Gasteiger partial charge is 0.456 e. The zero-order chi connectivity index (χ0) is 40.4. The first-order chi connectivity index (χ1) is 28.6. The van der Waals surface area contributed by atoms with Crippen LogP contribution >= 0.6 is 0 Å². The lowest BCUT2D eigenvalue weighted by molar-refractivity contribution is 0.668. The van der Waals surface area contributed by atoms with Gasteiger partial charge < -0.3 is 8.83 Å². The molecule has 11 aromatic rings. The molecule has 238 valence electrons. The molecule has 0 saturated carbocycles. The minimum atomic E-state index is -0.536. The van der Waals surface area contributed by atoms with Crippen molar-refractivity contribution >= 4 is 65.7 Å². The second-order valence-corrected chi connectivity index (χ2v) is 12.2. The number of fused-ring (bicyclic) bond motifs is 9. The predicted octanol–water partition coefficient (Wildman–Crippen LogP) is 11.8. The average molecular weight is 663 g/mol. The molecule has 11 rings (SSSR count). The Morgan fingerprint density at radius 3 is 1.94 bits per heavy atom. The van der Waals surface area contributed by atoms with Gasteiger partial charge in [0.2, 0.25) is 5.95 Å². The maximum atomic E-state index is 9.04. The van der Waals surface area contributed by atoms with E-state index in [0.29, 0.717) is 22.3 Å². The normalized spacial score (nSPS) is 14.1. The molecule has 0 aliphatic rings. The second kappa shape index (κ2) is 10.7. The topological polar surface area (TPSA) is 69.9 Å². The Morgan fingerprint density at radius 2 is 1.12 bits per heavy atom. The number of rotatable bonds is 4. The van der Waals surface area contributed by atoms with E-state index in [4.69, 9.17) is 34.8 Å². The van der Waals surface area contributed by atoms with Gasteiger partial charge in [-0.05, 0) is 48.0 Å². The molecule has 4 heterocycles. The molecular weight excluding hydrogens is 629 g/mol. The lowest BCUT2D eigenvalue weighted by Gasteiger charge is -2.11. The number of furan rings is 2. The summed E-state index contributed by atoms with van der Waals surface area (Å²) in [7, 11) is 0. The van der Waals surface area contributed by atoms with E-state index in [1.807, 2.05) is 109 Å². The SMILES string of the molecule is [2H]c1c([2H])c([2H])c2c(c1[2H])c1c([2H])c([2H])c([2H])c([2H])c1n2-c1nc(-c2ccccc2)nc(-c2ccc3oc4cccc(-c5cccc6c5oc5ccccc56)c4c3c2)n1. The maximum Gasteiger partial charge on any atom is 0.238 e. The van der Waals surface area contributed by atoms with Crippen molar-refractivity contribution in [2.45, 2.75) is 0 Å². The van der Waals surface area contributed by atoms with E-state index < -0.39 is 48.3 Å². The van der Waals surface area contributed by atoms with Crippen molar-refractivity contribution in [3.05, 3.63) is 158 Å². The van der Waals surface area contributed by atoms with Gasteiger partial charge >= 0.3 is 0 Å². The van der Waals surface area contributed by atoms with E-state index >= 15 is 0 Å². The molecule has 6 nitrogen and oxygen atoms in total. The molecule has 0 amide bonds. The van der Waals surface area contributed by atoms with Crippen molar-refractivity contribution in [2.24, 2.45) is 0 Å². The number of para-hydroxylation sites is 4. The molecule has 7 aromatic carbocycles. The Labute approximate surface area is 302 Å². The fourth-order valence-electron chi connectivity index (χ4n) is 7.08. The van der Waals surface area contributed by atoms with E-state index in [1.165, 1.54) is 4.57 Å². The van der Waals surface area contributed by atoms with Gasteiger partial charge in [0.15, 0.2) is 11.6 Å². The summed E-state index contributed by atoms with van der Waals surface area (Å²) in [5, 5.41) is 3.51. The Balaban J connectivity index is 1.21. The highest BCUT2D eigenvalue weighted by atomic mass is 16.3. The van der Waals surface area contributed by atoms with Crippen LogP contribution in [-0.2, 0) is 0 Å². The predicted molar refractivity (Wildman–Crippen MR) is 205 cm³/mol. The number of aromatic nitrogens is 4. The summed E-state index contributed by atoms with van der Waals surface area (Å²) in [4.78, 5) is 14.7. The molecule has 0 unspecified atom stereocenters. The number of hydrogen-bond donors (Lipinski definition) is 0. The lowest BCUT2D eigenvalue weighted by atomic mass is 9.97. The number of hydrogen-bond acceptors (Lipinski definition) is 5. The summed E-state index contributed by atoms with van der Waals surface area (Å²) in [5.74, 6) is 0.341. The van der Waals surface area contributed by atoms with Crippen LogP contribution in [0.5, 0.6) is 0 Å². The van der Waals surface area contributed by atoms with E-state index in [-0.39, 0.29) is 39.4 Å². The van der Waals surface area contributed by atoms with Gasteiger partial charge in [-0.3, -0.25) is 4.57 Å². The van der Waals surface area contributed by atoms with Crippen LogP contribution in [0.15, 0.2) is 166 Å². The molecule has 0 spiro atoms. The van der Waals surface area contributed by atoms with Crippen LogP contribution in [-0.4, -0.2) is 19.5 Å². The molecule has 0 radical (unpaired) electrons. The van der Waals surface area contributed by atoms with Crippen LogP contribution in [0.25, 0.3) is 106 Å². The summed E-state index contributed by atoms with van der Waals surface area (Å²) in [5.41, 5.74) is 5.64. The van der Waals surface area contributed by atoms with Crippen molar-refractivity contribution in [1.82, 2.24) is 19.5 Å². The standard InChI is InChI=1S/C45H26N4O2/c1-2-12-27(13-3-1)43-46-44(48-45(47-43)49-36-20-7-4-14-29(36)30-15-5-8-21-37(30)49)28-24-25-39-35(26-28)41-32(17-11-23-40(41)50-39)34-19-10-18-33-31-16-6-9-22-38(31)51-42(33)34/h1-26H/i4D,5D,7D,8D,14D,15D,20D,21D. The first kappa shape index (κ1) is 21.1. The summed E-state index contributed by atoms with van der Waals surface area (Å²) in [6.45, 7) is 0. The first-order valence-corrected chi connectivity index (χ1v) is 16.3. The van der Waals surface area contributed by atoms with Gasteiger partial charge in [0, 0.05) is 49.0 Å². The Hall–Kier alpha value is -7.05. The van der Waals surface area contributed by atoms with Crippen LogP contribution in [0.2, 0.25) is 0 Å². The van der Waals surface area contributed by atoms with Gasteiger partial charge in [-0.2, -0.15) is 9.97 Å².